The molecule has 0 saturated heterocycles. The molecule has 0 bridgehead atoms. The summed E-state index contributed by atoms with van der Waals surface area (Å²) in [7, 11) is 2.08. The quantitative estimate of drug-likeness (QED) is 0.657. The number of benzene rings is 1. The van der Waals surface area contributed by atoms with Gasteiger partial charge in [-0.15, -0.1) is 11.6 Å². The minimum Gasteiger partial charge on any atom is -0.354 e. The van der Waals surface area contributed by atoms with Crippen molar-refractivity contribution in [2.24, 2.45) is 0 Å². The van der Waals surface area contributed by atoms with E-state index in [1.165, 1.54) is 23.2 Å². The van der Waals surface area contributed by atoms with Gasteiger partial charge < -0.3 is 10.0 Å². The van der Waals surface area contributed by atoms with Crippen LogP contribution in [0.1, 0.15) is 11.1 Å². The Morgan fingerprint density at radius 3 is 2.47 bits per heavy atom. The van der Waals surface area contributed by atoms with E-state index in [1.54, 1.807) is 11.9 Å². The first kappa shape index (κ1) is 14.6. The van der Waals surface area contributed by atoms with Crippen molar-refractivity contribution >= 4 is 29.2 Å². The fourth-order valence-electron chi connectivity index (χ4n) is 1.28. The highest BCUT2D eigenvalue weighted by Crippen LogP contribution is 2.24. The van der Waals surface area contributed by atoms with Crippen LogP contribution >= 0.6 is 23.5 Å². The van der Waals surface area contributed by atoms with Crippen LogP contribution < -0.4 is 10.0 Å². The van der Waals surface area contributed by atoms with Gasteiger partial charge in [0.1, 0.15) is 6.54 Å². The highest BCUT2D eigenvalue weighted by molar-refractivity contribution is 7.99. The first-order valence-corrected chi connectivity index (χ1v) is 6.67. The van der Waals surface area contributed by atoms with Crippen LogP contribution in [0.5, 0.6) is 0 Å². The standard InChI is InChI=1S/C10H16N2S.CH3Cl/c1-8-4-5-9(7-11)10(6-8)12(2)13-3;1-2/h4-6H,7,11H2,1-3H3;1H3/p+1. The molecule has 0 aliphatic carbocycles. The van der Waals surface area contributed by atoms with Gasteiger partial charge in [0.05, 0.1) is 5.69 Å². The summed E-state index contributed by atoms with van der Waals surface area (Å²) in [6.45, 7) is 2.96. The molecule has 0 amide bonds. The van der Waals surface area contributed by atoms with Crippen LogP contribution in [0.4, 0.5) is 5.69 Å². The molecule has 2 nitrogen and oxygen atoms in total. The molecule has 0 saturated carbocycles. The third-order valence-corrected chi connectivity index (χ3v) is 2.87. The predicted molar refractivity (Wildman–Crippen MR) is 71.5 cm³/mol. The van der Waals surface area contributed by atoms with Crippen molar-refractivity contribution in [3.63, 3.8) is 0 Å². The fraction of sp³-hybridized carbons (Fsp3) is 0.455. The number of aryl methyl sites for hydroxylation is 1. The Kier molecular flexibility index (Phi) is 7.65. The fourth-order valence-corrected chi connectivity index (χ4v) is 1.64. The highest BCUT2D eigenvalue weighted by Gasteiger charge is 2.06. The van der Waals surface area contributed by atoms with Gasteiger partial charge in [-0.25, -0.2) is 0 Å². The maximum atomic E-state index is 4.64. The molecular weight excluding hydrogens is 228 g/mol. The lowest BCUT2D eigenvalue weighted by atomic mass is 10.1. The van der Waals surface area contributed by atoms with Gasteiger partial charge >= 0.3 is 0 Å². The first-order chi connectivity index (χ1) is 7.19. The molecule has 3 N–H and O–H groups in total. The molecule has 0 spiro atoms. The van der Waals surface area contributed by atoms with E-state index in [2.05, 4.69) is 60.1 Å². The molecule has 1 rings (SSSR count). The number of nitrogens with zero attached hydrogens (tertiary/aromatic N) is 1. The number of rotatable bonds is 3. The topological polar surface area (TPSA) is 30.9 Å². The van der Waals surface area contributed by atoms with Gasteiger partial charge in [-0.2, -0.15) is 0 Å². The molecular formula is C11H20ClN2S+. The van der Waals surface area contributed by atoms with Crippen molar-refractivity contribution < 1.29 is 5.73 Å². The average Bonchev–Trinajstić information content (AvgIpc) is 2.30. The second kappa shape index (κ2) is 7.85. The molecule has 0 heterocycles. The smallest absolute Gasteiger partial charge is 0.102 e. The second-order valence-corrected chi connectivity index (χ2v) is 3.98. The SMILES string of the molecule is CCl.CSN(C)c1cc(C)ccc1C[NH3+]. The lowest BCUT2D eigenvalue weighted by Crippen LogP contribution is -2.47. The molecule has 0 unspecified atom stereocenters. The summed E-state index contributed by atoms with van der Waals surface area (Å²) in [5.74, 6) is 0. The third-order valence-electron chi connectivity index (χ3n) is 2.12. The monoisotopic (exact) mass is 247 g/mol. The number of hydrogen-bond acceptors (Lipinski definition) is 2. The molecule has 86 valence electrons. The van der Waals surface area contributed by atoms with Gasteiger partial charge in [-0.3, -0.25) is 0 Å². The Bertz CT molecular complexity index is 292. The summed E-state index contributed by atoms with van der Waals surface area (Å²) in [4.78, 5) is 0. The van der Waals surface area contributed by atoms with E-state index >= 15 is 0 Å². The molecule has 0 aliphatic rings. The van der Waals surface area contributed by atoms with Gasteiger partial charge in [0.2, 0.25) is 0 Å². The number of halogens is 1. The van der Waals surface area contributed by atoms with Crippen molar-refractivity contribution in [3.05, 3.63) is 29.3 Å². The zero-order chi connectivity index (χ0) is 11.8. The molecule has 0 atom stereocenters. The van der Waals surface area contributed by atoms with Gasteiger partial charge in [-0.1, -0.05) is 24.1 Å². The normalized spacial score (nSPS) is 9.20. The van der Waals surface area contributed by atoms with Gasteiger partial charge in [0.15, 0.2) is 0 Å². The van der Waals surface area contributed by atoms with E-state index in [0.29, 0.717) is 0 Å². The van der Waals surface area contributed by atoms with Crippen LogP contribution in [0.3, 0.4) is 0 Å². The Balaban J connectivity index is 0.000000921. The number of anilines is 1. The summed E-state index contributed by atoms with van der Waals surface area (Å²) in [5.41, 5.74) is 7.81. The molecule has 15 heavy (non-hydrogen) atoms. The lowest BCUT2D eigenvalue weighted by molar-refractivity contribution is -0.386. The molecule has 1 aromatic carbocycles. The molecule has 0 radical (unpaired) electrons. The summed E-state index contributed by atoms with van der Waals surface area (Å²) >= 11 is 6.36. The van der Waals surface area contributed by atoms with Crippen molar-refractivity contribution in [1.82, 2.24) is 0 Å². The van der Waals surface area contributed by atoms with Crippen molar-refractivity contribution in [2.45, 2.75) is 13.5 Å². The molecule has 0 aromatic heterocycles. The van der Waals surface area contributed by atoms with E-state index in [1.807, 2.05) is 0 Å². The largest absolute Gasteiger partial charge is 0.354 e. The van der Waals surface area contributed by atoms with Crippen LogP contribution in [0.15, 0.2) is 18.2 Å². The average molecular weight is 248 g/mol. The highest BCUT2D eigenvalue weighted by atomic mass is 35.5. The number of quaternary nitrogens is 1. The number of alkyl halides is 1. The van der Waals surface area contributed by atoms with Gasteiger partial charge in [0.25, 0.3) is 0 Å². The minimum atomic E-state index is 0.848. The second-order valence-electron chi connectivity index (χ2n) is 3.06. The lowest BCUT2D eigenvalue weighted by Gasteiger charge is -2.18. The Morgan fingerprint density at radius 2 is 2.00 bits per heavy atom. The third kappa shape index (κ3) is 4.33. The maximum Gasteiger partial charge on any atom is 0.102 e. The molecule has 0 fully saturated rings. The molecule has 4 heteroatoms. The zero-order valence-corrected chi connectivity index (χ0v) is 11.5. The predicted octanol–water partition coefficient (Wildman–Crippen LogP) is 2.31. The summed E-state index contributed by atoms with van der Waals surface area (Å²) in [5, 5.41) is 0. The van der Waals surface area contributed by atoms with E-state index in [9.17, 15) is 0 Å². The summed E-state index contributed by atoms with van der Waals surface area (Å²) < 4.78 is 2.17. The molecule has 1 aromatic rings. The Labute approximate surface area is 102 Å². The van der Waals surface area contributed by atoms with Gasteiger partial charge in [0, 0.05) is 25.2 Å². The van der Waals surface area contributed by atoms with Gasteiger partial charge in [-0.05, 0) is 18.6 Å². The van der Waals surface area contributed by atoms with Crippen molar-refractivity contribution in [2.75, 3.05) is 24.0 Å². The van der Waals surface area contributed by atoms with E-state index < -0.39 is 0 Å². The van der Waals surface area contributed by atoms with Crippen LogP contribution in [0.2, 0.25) is 0 Å². The Hall–Kier alpha value is -0.380. The minimum absolute atomic E-state index is 0.848. The summed E-state index contributed by atoms with van der Waals surface area (Å²) in [6, 6.07) is 6.50. The first-order valence-electron chi connectivity index (χ1n) is 4.73. The zero-order valence-electron chi connectivity index (χ0n) is 9.88. The van der Waals surface area contributed by atoms with E-state index in [-0.39, 0.29) is 0 Å². The van der Waals surface area contributed by atoms with Crippen LogP contribution in [-0.2, 0) is 6.54 Å². The van der Waals surface area contributed by atoms with Crippen LogP contribution in [0.25, 0.3) is 0 Å². The van der Waals surface area contributed by atoms with Crippen LogP contribution in [-0.4, -0.2) is 19.7 Å². The summed E-state index contributed by atoms with van der Waals surface area (Å²) in [6.07, 6.45) is 3.55. The van der Waals surface area contributed by atoms with Crippen LogP contribution in [0, 0.1) is 6.92 Å². The van der Waals surface area contributed by atoms with Crippen molar-refractivity contribution in [3.8, 4) is 0 Å². The number of hydrogen-bond donors (Lipinski definition) is 1. The van der Waals surface area contributed by atoms with E-state index in [0.717, 1.165) is 6.54 Å². The Morgan fingerprint density at radius 1 is 1.40 bits per heavy atom. The van der Waals surface area contributed by atoms with Crippen molar-refractivity contribution in [1.29, 1.82) is 0 Å². The molecule has 0 aliphatic heterocycles. The van der Waals surface area contributed by atoms with E-state index in [4.69, 9.17) is 0 Å². The maximum absolute atomic E-state index is 4.64.